The standard InChI is InChI=1S/C12H18O4.C8H14/c1-9(13)15-11-3-6-12(7-4-11,8-5-11)16-10(2)14;1-2-8-5-3-7(1)4-6-8/h3-8H2,1-2H3;7-8H,1-6H2. The van der Waals surface area contributed by atoms with Crippen molar-refractivity contribution in [1.29, 1.82) is 0 Å². The highest BCUT2D eigenvalue weighted by Crippen LogP contribution is 2.50. The maximum atomic E-state index is 11.0. The van der Waals surface area contributed by atoms with Crippen LogP contribution in [0, 0.1) is 11.8 Å². The van der Waals surface area contributed by atoms with Gasteiger partial charge in [-0.2, -0.15) is 0 Å². The third-order valence-corrected chi connectivity index (χ3v) is 6.78. The molecule has 0 saturated heterocycles. The molecular formula is C20H32O4. The molecule has 0 aliphatic heterocycles. The van der Waals surface area contributed by atoms with Crippen LogP contribution in [-0.4, -0.2) is 23.1 Å². The smallest absolute Gasteiger partial charge is 0.303 e. The topological polar surface area (TPSA) is 52.6 Å². The lowest BCUT2D eigenvalue weighted by atomic mass is 9.65. The van der Waals surface area contributed by atoms with E-state index in [0.717, 1.165) is 50.4 Å². The first-order valence-corrected chi connectivity index (χ1v) is 9.80. The summed E-state index contributed by atoms with van der Waals surface area (Å²) in [6, 6.07) is 0. The Bertz CT molecular complexity index is 396. The molecule has 0 N–H and O–H groups in total. The monoisotopic (exact) mass is 336 g/mol. The molecule has 4 bridgehead atoms. The van der Waals surface area contributed by atoms with Crippen LogP contribution in [0.1, 0.15) is 90.9 Å². The molecule has 136 valence electrons. The van der Waals surface area contributed by atoms with Crippen molar-refractivity contribution in [3.05, 3.63) is 0 Å². The Morgan fingerprint density at radius 1 is 0.625 bits per heavy atom. The lowest BCUT2D eigenvalue weighted by Crippen LogP contribution is -2.53. The minimum Gasteiger partial charge on any atom is -0.459 e. The van der Waals surface area contributed by atoms with E-state index in [9.17, 15) is 9.59 Å². The molecule has 0 aromatic rings. The van der Waals surface area contributed by atoms with E-state index in [4.69, 9.17) is 9.47 Å². The molecule has 6 fully saturated rings. The number of fused-ring (bicyclic) bond motifs is 6. The molecule has 0 aromatic carbocycles. The van der Waals surface area contributed by atoms with Gasteiger partial charge in [0.1, 0.15) is 11.2 Å². The molecule has 0 radical (unpaired) electrons. The number of rotatable bonds is 2. The van der Waals surface area contributed by atoms with Crippen LogP contribution in [0.5, 0.6) is 0 Å². The Balaban J connectivity index is 0.000000175. The zero-order chi connectivity index (χ0) is 17.2. The average Bonchev–Trinajstić information content (AvgIpc) is 2.58. The Labute approximate surface area is 145 Å². The predicted molar refractivity (Wildman–Crippen MR) is 91.4 cm³/mol. The van der Waals surface area contributed by atoms with Gasteiger partial charge in [0.25, 0.3) is 0 Å². The van der Waals surface area contributed by atoms with Gasteiger partial charge in [-0.3, -0.25) is 9.59 Å². The van der Waals surface area contributed by atoms with Crippen molar-refractivity contribution >= 4 is 11.9 Å². The third-order valence-electron chi connectivity index (χ3n) is 6.78. The second-order valence-electron chi connectivity index (χ2n) is 8.52. The third kappa shape index (κ3) is 4.12. The van der Waals surface area contributed by atoms with Gasteiger partial charge < -0.3 is 9.47 Å². The van der Waals surface area contributed by atoms with Crippen LogP contribution in [0.4, 0.5) is 0 Å². The zero-order valence-corrected chi connectivity index (χ0v) is 15.3. The summed E-state index contributed by atoms with van der Waals surface area (Å²) in [5, 5.41) is 0. The van der Waals surface area contributed by atoms with Gasteiger partial charge in [-0.25, -0.2) is 0 Å². The summed E-state index contributed by atoms with van der Waals surface area (Å²) in [7, 11) is 0. The van der Waals surface area contributed by atoms with Crippen LogP contribution < -0.4 is 0 Å². The Hall–Kier alpha value is -1.06. The van der Waals surface area contributed by atoms with Crippen LogP contribution in [0.3, 0.4) is 0 Å². The number of esters is 2. The maximum Gasteiger partial charge on any atom is 0.303 e. The summed E-state index contributed by atoms with van der Waals surface area (Å²) in [5.74, 6) is 1.89. The molecule has 4 nitrogen and oxygen atoms in total. The molecule has 0 heterocycles. The SMILES string of the molecule is C1CC2CCC1CC2.CC(=O)OC12CCC(OC(C)=O)(CC1)CC2. The van der Waals surface area contributed by atoms with E-state index >= 15 is 0 Å². The Kier molecular flexibility index (Phi) is 5.22. The molecule has 4 heteroatoms. The van der Waals surface area contributed by atoms with Crippen molar-refractivity contribution in [2.75, 3.05) is 0 Å². The van der Waals surface area contributed by atoms with Crippen LogP contribution in [0.15, 0.2) is 0 Å². The van der Waals surface area contributed by atoms with E-state index in [0.29, 0.717) is 0 Å². The lowest BCUT2D eigenvalue weighted by molar-refractivity contribution is -0.199. The van der Waals surface area contributed by atoms with Gasteiger partial charge in [0.2, 0.25) is 0 Å². The van der Waals surface area contributed by atoms with Crippen molar-refractivity contribution in [1.82, 2.24) is 0 Å². The molecule has 6 aliphatic rings. The van der Waals surface area contributed by atoms with E-state index in [1.165, 1.54) is 13.8 Å². The molecular weight excluding hydrogens is 304 g/mol. The van der Waals surface area contributed by atoms with Gasteiger partial charge in [0.15, 0.2) is 0 Å². The summed E-state index contributed by atoms with van der Waals surface area (Å²) < 4.78 is 10.9. The van der Waals surface area contributed by atoms with Gasteiger partial charge >= 0.3 is 11.9 Å². The van der Waals surface area contributed by atoms with Crippen LogP contribution in [-0.2, 0) is 19.1 Å². The van der Waals surface area contributed by atoms with Crippen LogP contribution >= 0.6 is 0 Å². The normalized spacial score (nSPS) is 39.6. The van der Waals surface area contributed by atoms with E-state index in [2.05, 4.69) is 0 Å². The van der Waals surface area contributed by atoms with Crippen molar-refractivity contribution in [3.8, 4) is 0 Å². The molecule has 6 rings (SSSR count). The second kappa shape index (κ2) is 7.05. The first kappa shape index (κ1) is 17.8. The summed E-state index contributed by atoms with van der Waals surface area (Å²) >= 11 is 0. The van der Waals surface area contributed by atoms with E-state index < -0.39 is 0 Å². The van der Waals surface area contributed by atoms with Gasteiger partial charge in [0.05, 0.1) is 0 Å². The first-order valence-electron chi connectivity index (χ1n) is 9.80. The largest absolute Gasteiger partial charge is 0.459 e. The highest BCUT2D eigenvalue weighted by Gasteiger charge is 2.52. The van der Waals surface area contributed by atoms with Crippen molar-refractivity contribution in [2.24, 2.45) is 11.8 Å². The highest BCUT2D eigenvalue weighted by atomic mass is 16.6. The fraction of sp³-hybridized carbons (Fsp3) is 0.900. The van der Waals surface area contributed by atoms with E-state index in [1.807, 2.05) is 0 Å². The van der Waals surface area contributed by atoms with E-state index in [1.54, 1.807) is 38.5 Å². The first-order chi connectivity index (χ1) is 11.4. The summed E-state index contributed by atoms with van der Waals surface area (Å²) in [4.78, 5) is 22.1. The number of ether oxygens (including phenoxy) is 2. The molecule has 6 aliphatic carbocycles. The summed E-state index contributed by atoms with van der Waals surface area (Å²) in [6.45, 7) is 2.91. The van der Waals surface area contributed by atoms with Crippen LogP contribution in [0.2, 0.25) is 0 Å². The predicted octanol–water partition coefficient (Wildman–Crippen LogP) is 4.54. The molecule has 6 saturated carbocycles. The minimum atomic E-state index is -0.270. The van der Waals surface area contributed by atoms with Gasteiger partial charge in [0, 0.05) is 13.8 Å². The summed E-state index contributed by atoms with van der Waals surface area (Å²) in [5.41, 5.74) is -0.540. The number of hydrogen-bond acceptors (Lipinski definition) is 4. The minimum absolute atomic E-state index is 0.207. The Morgan fingerprint density at radius 2 is 0.875 bits per heavy atom. The van der Waals surface area contributed by atoms with Crippen molar-refractivity contribution in [3.63, 3.8) is 0 Å². The highest BCUT2D eigenvalue weighted by molar-refractivity contribution is 5.67. The zero-order valence-electron chi connectivity index (χ0n) is 15.3. The van der Waals surface area contributed by atoms with Crippen LogP contribution in [0.25, 0.3) is 0 Å². The molecule has 0 atom stereocenters. The molecule has 0 unspecified atom stereocenters. The molecule has 0 aromatic heterocycles. The Morgan fingerprint density at radius 3 is 1.04 bits per heavy atom. The molecule has 0 amide bonds. The number of hydrogen-bond donors (Lipinski definition) is 0. The fourth-order valence-corrected chi connectivity index (χ4v) is 5.31. The fourth-order valence-electron chi connectivity index (χ4n) is 5.31. The molecule has 24 heavy (non-hydrogen) atoms. The van der Waals surface area contributed by atoms with Gasteiger partial charge in [-0.1, -0.05) is 38.5 Å². The molecule has 0 spiro atoms. The van der Waals surface area contributed by atoms with Crippen molar-refractivity contribution < 1.29 is 19.1 Å². The lowest BCUT2D eigenvalue weighted by Gasteiger charge is -2.51. The van der Waals surface area contributed by atoms with E-state index in [-0.39, 0.29) is 23.1 Å². The number of carbonyl (C=O) groups excluding carboxylic acids is 2. The average molecular weight is 336 g/mol. The number of carbonyl (C=O) groups is 2. The maximum absolute atomic E-state index is 11.0. The van der Waals surface area contributed by atoms with Gasteiger partial charge in [-0.15, -0.1) is 0 Å². The van der Waals surface area contributed by atoms with Gasteiger partial charge in [-0.05, 0) is 50.4 Å². The second-order valence-corrected chi connectivity index (χ2v) is 8.52. The quantitative estimate of drug-likeness (QED) is 0.694. The summed E-state index contributed by atoms with van der Waals surface area (Å²) in [6.07, 6.45) is 14.3. The van der Waals surface area contributed by atoms with Crippen molar-refractivity contribution in [2.45, 2.75) is 102 Å².